The number of benzene rings is 1. The molecule has 1 aliphatic rings. The first kappa shape index (κ1) is 13.5. The van der Waals surface area contributed by atoms with Gasteiger partial charge in [0, 0.05) is 5.56 Å². The number of carbonyl (C=O) groups is 2. The van der Waals surface area contributed by atoms with Crippen molar-refractivity contribution in [1.82, 2.24) is 0 Å². The summed E-state index contributed by atoms with van der Waals surface area (Å²) in [6, 6.07) is 8.65. The van der Waals surface area contributed by atoms with Gasteiger partial charge in [-0.2, -0.15) is 0 Å². The average molecular weight is 266 g/mol. The Labute approximate surface area is 109 Å². The highest BCUT2D eigenvalue weighted by Crippen LogP contribution is 2.40. The molecule has 1 aromatic rings. The lowest BCUT2D eigenvalue weighted by atomic mass is 9.94. The fraction of sp³-hybridized carbons (Fsp3) is 0.385. The first-order valence-electron chi connectivity index (χ1n) is 5.85. The van der Waals surface area contributed by atoms with Gasteiger partial charge in [0.25, 0.3) is 0 Å². The SMILES string of the molecule is CCC1(C(=O)O)OC(c2ccccc2)OC1C(=O)O. The lowest BCUT2D eigenvalue weighted by Crippen LogP contribution is -2.50. The number of carboxylic acid groups (broad SMARTS) is 2. The maximum absolute atomic E-state index is 11.4. The Morgan fingerprint density at radius 3 is 2.32 bits per heavy atom. The van der Waals surface area contributed by atoms with E-state index in [9.17, 15) is 14.7 Å². The van der Waals surface area contributed by atoms with E-state index in [1.807, 2.05) is 0 Å². The highest BCUT2D eigenvalue weighted by Gasteiger charge is 2.58. The van der Waals surface area contributed by atoms with Gasteiger partial charge >= 0.3 is 11.9 Å². The largest absolute Gasteiger partial charge is 0.479 e. The summed E-state index contributed by atoms with van der Waals surface area (Å²) in [5.41, 5.74) is -1.27. The first-order valence-corrected chi connectivity index (χ1v) is 5.85. The summed E-state index contributed by atoms with van der Waals surface area (Å²) in [5, 5.41) is 18.4. The summed E-state index contributed by atoms with van der Waals surface area (Å²) in [5.74, 6) is -2.68. The molecule has 1 saturated heterocycles. The van der Waals surface area contributed by atoms with E-state index in [1.54, 1.807) is 37.3 Å². The van der Waals surface area contributed by atoms with Gasteiger partial charge in [-0.3, -0.25) is 0 Å². The van der Waals surface area contributed by atoms with Gasteiger partial charge in [-0.25, -0.2) is 9.59 Å². The average Bonchev–Trinajstić information content (AvgIpc) is 2.81. The molecule has 1 heterocycles. The van der Waals surface area contributed by atoms with Crippen molar-refractivity contribution in [1.29, 1.82) is 0 Å². The molecule has 0 aliphatic carbocycles. The zero-order valence-corrected chi connectivity index (χ0v) is 10.3. The summed E-state index contributed by atoms with van der Waals surface area (Å²) in [7, 11) is 0. The molecule has 0 saturated carbocycles. The van der Waals surface area contributed by atoms with Gasteiger partial charge in [0.1, 0.15) is 0 Å². The normalized spacial score (nSPS) is 30.2. The van der Waals surface area contributed by atoms with E-state index < -0.39 is 29.9 Å². The molecule has 1 fully saturated rings. The van der Waals surface area contributed by atoms with Crippen LogP contribution >= 0.6 is 0 Å². The molecular weight excluding hydrogens is 252 g/mol. The van der Waals surface area contributed by atoms with Crippen LogP contribution in [0.2, 0.25) is 0 Å². The maximum Gasteiger partial charge on any atom is 0.339 e. The van der Waals surface area contributed by atoms with Crippen molar-refractivity contribution in [3.63, 3.8) is 0 Å². The fourth-order valence-corrected chi connectivity index (χ4v) is 2.11. The third-order valence-corrected chi connectivity index (χ3v) is 3.18. The van der Waals surface area contributed by atoms with Crippen molar-refractivity contribution in [3.05, 3.63) is 35.9 Å². The van der Waals surface area contributed by atoms with Crippen molar-refractivity contribution in [2.24, 2.45) is 0 Å². The second-order valence-corrected chi connectivity index (χ2v) is 4.26. The van der Waals surface area contributed by atoms with Crippen LogP contribution in [0.3, 0.4) is 0 Å². The maximum atomic E-state index is 11.4. The summed E-state index contributed by atoms with van der Waals surface area (Å²) in [4.78, 5) is 22.6. The van der Waals surface area contributed by atoms with Crippen LogP contribution in [-0.4, -0.2) is 33.9 Å². The second-order valence-electron chi connectivity index (χ2n) is 4.26. The molecule has 2 rings (SSSR count). The fourth-order valence-electron chi connectivity index (χ4n) is 2.11. The molecule has 0 spiro atoms. The Hall–Kier alpha value is -1.92. The van der Waals surface area contributed by atoms with Gasteiger partial charge in [0.05, 0.1) is 0 Å². The van der Waals surface area contributed by atoms with Gasteiger partial charge in [0.2, 0.25) is 5.60 Å². The lowest BCUT2D eigenvalue weighted by molar-refractivity contribution is -0.170. The lowest BCUT2D eigenvalue weighted by Gasteiger charge is -2.24. The molecule has 0 amide bonds. The molecule has 102 valence electrons. The smallest absolute Gasteiger partial charge is 0.339 e. The van der Waals surface area contributed by atoms with Gasteiger partial charge < -0.3 is 19.7 Å². The second kappa shape index (κ2) is 4.99. The summed E-state index contributed by atoms with van der Waals surface area (Å²) >= 11 is 0. The van der Waals surface area contributed by atoms with Crippen LogP contribution in [0.25, 0.3) is 0 Å². The van der Waals surface area contributed by atoms with E-state index in [2.05, 4.69) is 0 Å². The third-order valence-electron chi connectivity index (χ3n) is 3.18. The number of rotatable bonds is 4. The summed E-state index contributed by atoms with van der Waals surface area (Å²) in [6.07, 6.45) is -2.51. The number of ether oxygens (including phenoxy) is 2. The third kappa shape index (κ3) is 2.20. The molecule has 0 radical (unpaired) electrons. The quantitative estimate of drug-likeness (QED) is 0.856. The van der Waals surface area contributed by atoms with Crippen molar-refractivity contribution < 1.29 is 29.3 Å². The molecule has 3 atom stereocenters. The van der Waals surface area contributed by atoms with Gasteiger partial charge in [-0.15, -0.1) is 0 Å². The molecule has 3 unspecified atom stereocenters. The first-order chi connectivity index (χ1) is 9.01. The van der Waals surface area contributed by atoms with Crippen LogP contribution in [0.4, 0.5) is 0 Å². The van der Waals surface area contributed by atoms with Crippen LogP contribution < -0.4 is 0 Å². The van der Waals surface area contributed by atoms with Crippen LogP contribution in [0, 0.1) is 0 Å². The molecule has 2 N–H and O–H groups in total. The Balaban J connectivity index is 2.36. The Morgan fingerprint density at radius 2 is 1.89 bits per heavy atom. The standard InChI is InChI=1S/C13H14O6/c1-2-13(12(16)17)9(10(14)15)18-11(19-13)8-6-4-3-5-7-8/h3-7,9,11H,2H2,1H3,(H,14,15)(H,16,17). The van der Waals surface area contributed by atoms with Gasteiger partial charge in [-0.05, 0) is 6.42 Å². The van der Waals surface area contributed by atoms with E-state index >= 15 is 0 Å². The van der Waals surface area contributed by atoms with Crippen molar-refractivity contribution >= 4 is 11.9 Å². The van der Waals surface area contributed by atoms with Gasteiger partial charge in [0.15, 0.2) is 12.4 Å². The minimum absolute atomic E-state index is 0.00261. The number of carboxylic acids is 2. The summed E-state index contributed by atoms with van der Waals surface area (Å²) in [6.45, 7) is 1.56. The highest BCUT2D eigenvalue weighted by atomic mass is 16.8. The predicted molar refractivity (Wildman–Crippen MR) is 63.4 cm³/mol. The summed E-state index contributed by atoms with van der Waals surface area (Å²) < 4.78 is 10.7. The Kier molecular flexibility index (Phi) is 3.55. The van der Waals surface area contributed by atoms with Crippen LogP contribution in [0.5, 0.6) is 0 Å². The molecular formula is C13H14O6. The van der Waals surface area contributed by atoms with Crippen LogP contribution in [0.1, 0.15) is 25.2 Å². The van der Waals surface area contributed by atoms with E-state index in [-0.39, 0.29) is 6.42 Å². The van der Waals surface area contributed by atoms with Crippen LogP contribution in [-0.2, 0) is 19.1 Å². The molecule has 1 aromatic carbocycles. The molecule has 0 aromatic heterocycles. The molecule has 1 aliphatic heterocycles. The topological polar surface area (TPSA) is 93.1 Å². The Bertz CT molecular complexity index is 485. The molecule has 0 bridgehead atoms. The minimum Gasteiger partial charge on any atom is -0.479 e. The van der Waals surface area contributed by atoms with Gasteiger partial charge in [-0.1, -0.05) is 37.3 Å². The molecule has 19 heavy (non-hydrogen) atoms. The number of hydrogen-bond acceptors (Lipinski definition) is 4. The van der Waals surface area contributed by atoms with Crippen molar-refractivity contribution in [3.8, 4) is 0 Å². The van der Waals surface area contributed by atoms with E-state index in [0.717, 1.165) is 0 Å². The number of hydrogen-bond donors (Lipinski definition) is 2. The predicted octanol–water partition coefficient (Wildman–Crippen LogP) is 1.42. The monoisotopic (exact) mass is 266 g/mol. The minimum atomic E-state index is -1.85. The zero-order chi connectivity index (χ0) is 14.0. The van der Waals surface area contributed by atoms with E-state index in [0.29, 0.717) is 5.56 Å². The molecule has 6 heteroatoms. The Morgan fingerprint density at radius 1 is 1.26 bits per heavy atom. The van der Waals surface area contributed by atoms with E-state index in [4.69, 9.17) is 14.6 Å². The highest BCUT2D eigenvalue weighted by molar-refractivity contribution is 5.88. The van der Waals surface area contributed by atoms with Crippen molar-refractivity contribution in [2.45, 2.75) is 31.3 Å². The van der Waals surface area contributed by atoms with Crippen LogP contribution in [0.15, 0.2) is 30.3 Å². The number of aliphatic carboxylic acids is 2. The molecule has 6 nitrogen and oxygen atoms in total. The van der Waals surface area contributed by atoms with E-state index in [1.165, 1.54) is 0 Å². The van der Waals surface area contributed by atoms with Crippen molar-refractivity contribution in [2.75, 3.05) is 0 Å². The zero-order valence-electron chi connectivity index (χ0n) is 10.3.